The maximum Gasteiger partial charge on any atom is 0.130 e. The molecular weight excluding hydrogens is 196 g/mol. The van der Waals surface area contributed by atoms with Gasteiger partial charge in [-0.05, 0) is 30.7 Å². The van der Waals surface area contributed by atoms with Crippen LogP contribution in [0.3, 0.4) is 0 Å². The Morgan fingerprint density at radius 1 is 1.25 bits per heavy atom. The minimum atomic E-state index is 0.168. The summed E-state index contributed by atoms with van der Waals surface area (Å²) in [5.41, 5.74) is 1.53. The highest BCUT2D eigenvalue weighted by molar-refractivity contribution is 5.76. The quantitative estimate of drug-likeness (QED) is 0.705. The molecule has 0 N–H and O–H groups in total. The maximum absolute atomic E-state index is 11.2. The summed E-state index contributed by atoms with van der Waals surface area (Å²) in [6, 6.07) is 10.5. The van der Waals surface area contributed by atoms with Crippen molar-refractivity contribution in [1.29, 1.82) is 0 Å². The number of hydrogen-bond acceptors (Lipinski definition) is 1. The van der Waals surface area contributed by atoms with Crippen LogP contribution in [0, 0.1) is 5.41 Å². The number of benzene rings is 1. The third kappa shape index (κ3) is 4.18. The molecule has 0 heterocycles. The highest BCUT2D eigenvalue weighted by Crippen LogP contribution is 2.31. The first-order valence-corrected chi connectivity index (χ1v) is 6.09. The summed E-state index contributed by atoms with van der Waals surface area (Å²) >= 11 is 0. The first kappa shape index (κ1) is 13.0. The molecule has 1 atom stereocenters. The van der Waals surface area contributed by atoms with E-state index in [1.54, 1.807) is 6.92 Å². The maximum atomic E-state index is 11.2. The molecule has 0 saturated heterocycles. The summed E-state index contributed by atoms with van der Waals surface area (Å²) in [6.07, 6.45) is 3.93. The fourth-order valence-corrected chi connectivity index (χ4v) is 2.08. The number of rotatable bonds is 6. The predicted molar refractivity (Wildman–Crippen MR) is 68.5 cm³/mol. The van der Waals surface area contributed by atoms with Crippen LogP contribution in [-0.4, -0.2) is 5.78 Å². The lowest BCUT2D eigenvalue weighted by atomic mass is 9.78. The van der Waals surface area contributed by atoms with Gasteiger partial charge in [-0.1, -0.05) is 50.6 Å². The topological polar surface area (TPSA) is 17.1 Å². The van der Waals surface area contributed by atoms with E-state index in [-0.39, 0.29) is 5.41 Å². The Morgan fingerprint density at radius 3 is 2.38 bits per heavy atom. The molecule has 0 aromatic heterocycles. The minimum absolute atomic E-state index is 0.168. The van der Waals surface area contributed by atoms with Gasteiger partial charge in [-0.2, -0.15) is 0 Å². The second-order valence-electron chi connectivity index (χ2n) is 5.03. The summed E-state index contributed by atoms with van der Waals surface area (Å²) in [5.74, 6) is 0.303. The number of carbonyl (C=O) groups is 1. The number of Topliss-reactive ketones (excluding diaryl/α,β-unsaturated/α-hetero) is 1. The molecule has 16 heavy (non-hydrogen) atoms. The minimum Gasteiger partial charge on any atom is -0.300 e. The van der Waals surface area contributed by atoms with Gasteiger partial charge in [0.25, 0.3) is 0 Å². The fraction of sp³-hybridized carbons (Fsp3) is 0.533. The van der Waals surface area contributed by atoms with E-state index in [4.69, 9.17) is 0 Å². The Morgan fingerprint density at radius 2 is 1.88 bits per heavy atom. The monoisotopic (exact) mass is 218 g/mol. The summed E-state index contributed by atoms with van der Waals surface area (Å²) in [6.45, 7) is 6.09. The van der Waals surface area contributed by atoms with Crippen LogP contribution < -0.4 is 0 Å². The Labute approximate surface area is 98.9 Å². The molecule has 0 bridgehead atoms. The molecule has 0 aliphatic carbocycles. The predicted octanol–water partition coefficient (Wildman–Crippen LogP) is 4.01. The molecule has 0 amide bonds. The zero-order chi connectivity index (χ0) is 12.0. The van der Waals surface area contributed by atoms with Crippen LogP contribution in [0.25, 0.3) is 0 Å². The highest BCUT2D eigenvalue weighted by Gasteiger charge is 2.23. The molecule has 1 nitrogen and oxygen atoms in total. The van der Waals surface area contributed by atoms with Gasteiger partial charge in [0.15, 0.2) is 0 Å². The van der Waals surface area contributed by atoms with Crippen molar-refractivity contribution in [3.8, 4) is 0 Å². The van der Waals surface area contributed by atoms with Crippen LogP contribution in [0.2, 0.25) is 0 Å². The summed E-state index contributed by atoms with van der Waals surface area (Å²) in [4.78, 5) is 11.2. The first-order chi connectivity index (χ1) is 7.56. The zero-order valence-corrected chi connectivity index (χ0v) is 10.6. The molecule has 1 unspecified atom stereocenters. The average Bonchev–Trinajstić information content (AvgIpc) is 2.27. The first-order valence-electron chi connectivity index (χ1n) is 6.09. The fourth-order valence-electron chi connectivity index (χ4n) is 2.08. The van der Waals surface area contributed by atoms with E-state index in [9.17, 15) is 4.79 Å². The van der Waals surface area contributed by atoms with Gasteiger partial charge in [-0.25, -0.2) is 0 Å². The van der Waals surface area contributed by atoms with Crippen molar-refractivity contribution in [2.24, 2.45) is 5.41 Å². The van der Waals surface area contributed by atoms with Crippen LogP contribution in [0.5, 0.6) is 0 Å². The van der Waals surface area contributed by atoms with Gasteiger partial charge < -0.3 is 4.79 Å². The highest BCUT2D eigenvalue weighted by atomic mass is 16.1. The van der Waals surface area contributed by atoms with Gasteiger partial charge >= 0.3 is 0 Å². The largest absolute Gasteiger partial charge is 0.300 e. The Balaban J connectivity index is 2.54. The zero-order valence-electron chi connectivity index (χ0n) is 10.6. The smallest absolute Gasteiger partial charge is 0.130 e. The average molecular weight is 218 g/mol. The molecule has 0 radical (unpaired) electrons. The second kappa shape index (κ2) is 5.83. The van der Waals surface area contributed by atoms with Gasteiger partial charge in [0.1, 0.15) is 5.78 Å². The molecule has 1 aromatic carbocycles. The van der Waals surface area contributed by atoms with E-state index in [0.29, 0.717) is 12.2 Å². The van der Waals surface area contributed by atoms with Gasteiger partial charge in [-0.15, -0.1) is 0 Å². The lowest BCUT2D eigenvalue weighted by Crippen LogP contribution is -2.19. The Kier molecular flexibility index (Phi) is 4.72. The SMILES string of the molecule is CCC(C)(CCc1ccccc1)CC(C)=O. The van der Waals surface area contributed by atoms with Gasteiger partial charge in [-0.3, -0.25) is 0 Å². The molecule has 1 heteroatoms. The van der Waals surface area contributed by atoms with Gasteiger partial charge in [0.05, 0.1) is 0 Å². The molecule has 88 valence electrons. The van der Waals surface area contributed by atoms with E-state index >= 15 is 0 Å². The van der Waals surface area contributed by atoms with Crippen molar-refractivity contribution in [3.63, 3.8) is 0 Å². The third-order valence-electron chi connectivity index (χ3n) is 3.39. The molecule has 0 saturated carbocycles. The normalized spacial score (nSPS) is 14.4. The molecule has 1 aromatic rings. The lowest BCUT2D eigenvalue weighted by molar-refractivity contribution is -0.119. The molecular formula is C15H22O. The van der Waals surface area contributed by atoms with Crippen molar-refractivity contribution in [2.75, 3.05) is 0 Å². The van der Waals surface area contributed by atoms with Crippen molar-refractivity contribution in [2.45, 2.75) is 46.5 Å². The molecule has 0 spiro atoms. The second-order valence-corrected chi connectivity index (χ2v) is 5.03. The number of carbonyl (C=O) groups excluding carboxylic acids is 1. The number of hydrogen-bond donors (Lipinski definition) is 0. The van der Waals surface area contributed by atoms with Crippen molar-refractivity contribution in [3.05, 3.63) is 35.9 Å². The third-order valence-corrected chi connectivity index (χ3v) is 3.39. The Hall–Kier alpha value is -1.11. The summed E-state index contributed by atoms with van der Waals surface area (Å²) < 4.78 is 0. The van der Waals surface area contributed by atoms with Gasteiger partial charge in [0, 0.05) is 6.42 Å². The molecule has 1 rings (SSSR count). The van der Waals surface area contributed by atoms with Crippen LogP contribution >= 0.6 is 0 Å². The summed E-state index contributed by atoms with van der Waals surface area (Å²) in [7, 11) is 0. The van der Waals surface area contributed by atoms with Crippen LogP contribution in [-0.2, 0) is 11.2 Å². The van der Waals surface area contributed by atoms with Crippen LogP contribution in [0.4, 0.5) is 0 Å². The van der Waals surface area contributed by atoms with Crippen LogP contribution in [0.15, 0.2) is 30.3 Å². The van der Waals surface area contributed by atoms with E-state index in [1.165, 1.54) is 5.56 Å². The standard InChI is InChI=1S/C15H22O/c1-4-15(3,12-13(2)16)11-10-14-8-6-5-7-9-14/h5-9H,4,10-12H2,1-3H3. The van der Waals surface area contributed by atoms with Crippen molar-refractivity contribution >= 4 is 5.78 Å². The van der Waals surface area contributed by atoms with Crippen LogP contribution in [0.1, 0.15) is 45.6 Å². The van der Waals surface area contributed by atoms with E-state index in [0.717, 1.165) is 19.3 Å². The van der Waals surface area contributed by atoms with E-state index < -0.39 is 0 Å². The molecule has 0 aliphatic heterocycles. The number of ketones is 1. The molecule has 0 aliphatic rings. The summed E-state index contributed by atoms with van der Waals surface area (Å²) in [5, 5.41) is 0. The van der Waals surface area contributed by atoms with E-state index in [2.05, 4.69) is 38.1 Å². The van der Waals surface area contributed by atoms with E-state index in [1.807, 2.05) is 6.07 Å². The number of aryl methyl sites for hydroxylation is 1. The molecule has 0 fully saturated rings. The van der Waals surface area contributed by atoms with Crippen molar-refractivity contribution < 1.29 is 4.79 Å². The van der Waals surface area contributed by atoms with Crippen molar-refractivity contribution in [1.82, 2.24) is 0 Å². The van der Waals surface area contributed by atoms with Gasteiger partial charge in [0.2, 0.25) is 0 Å². The Bertz CT molecular complexity index is 329. The lowest BCUT2D eigenvalue weighted by Gasteiger charge is -2.27.